The van der Waals surface area contributed by atoms with Gasteiger partial charge >= 0.3 is 5.97 Å². The van der Waals surface area contributed by atoms with Gasteiger partial charge in [0.1, 0.15) is 17.3 Å². The average molecular weight is 422 g/mol. The average Bonchev–Trinajstić information content (AvgIpc) is 2.81. The van der Waals surface area contributed by atoms with E-state index < -0.39 is 5.97 Å². The Balaban J connectivity index is 1.46. The molecular formula is C28H19FO3. The Kier molecular flexibility index (Phi) is 6.00. The molecule has 4 aromatic rings. The van der Waals surface area contributed by atoms with Gasteiger partial charge in [0, 0.05) is 11.1 Å². The first-order chi connectivity index (χ1) is 15.5. The van der Waals surface area contributed by atoms with Gasteiger partial charge in [0.2, 0.25) is 0 Å². The Morgan fingerprint density at radius 2 is 1.41 bits per heavy atom. The molecule has 0 atom stereocenters. The van der Waals surface area contributed by atoms with Crippen LogP contribution in [0.3, 0.4) is 0 Å². The molecule has 0 heterocycles. The van der Waals surface area contributed by atoms with E-state index >= 15 is 0 Å². The van der Waals surface area contributed by atoms with E-state index in [0.29, 0.717) is 28.0 Å². The molecule has 0 unspecified atom stereocenters. The lowest BCUT2D eigenvalue weighted by Crippen LogP contribution is -2.08. The molecule has 1 N–H and O–H groups in total. The normalized spacial score (nSPS) is 10.2. The molecule has 0 spiro atoms. The zero-order valence-electron chi connectivity index (χ0n) is 17.3. The van der Waals surface area contributed by atoms with Crippen molar-refractivity contribution in [3.05, 3.63) is 108 Å². The van der Waals surface area contributed by atoms with E-state index in [9.17, 15) is 14.3 Å². The summed E-state index contributed by atoms with van der Waals surface area (Å²) in [5.74, 6) is 5.31. The molecule has 3 nitrogen and oxygen atoms in total. The number of hydrogen-bond donors (Lipinski definition) is 1. The van der Waals surface area contributed by atoms with E-state index in [1.807, 2.05) is 12.1 Å². The minimum absolute atomic E-state index is 0.200. The van der Waals surface area contributed by atoms with Gasteiger partial charge in [-0.1, -0.05) is 48.4 Å². The molecule has 0 bridgehead atoms. The number of carbonyl (C=O) groups excluding carboxylic acids is 1. The van der Waals surface area contributed by atoms with Crippen molar-refractivity contribution in [1.29, 1.82) is 0 Å². The van der Waals surface area contributed by atoms with Crippen LogP contribution < -0.4 is 4.74 Å². The fourth-order valence-corrected chi connectivity index (χ4v) is 3.29. The lowest BCUT2D eigenvalue weighted by atomic mass is 10.0. The molecule has 0 aliphatic heterocycles. The topological polar surface area (TPSA) is 46.5 Å². The fourth-order valence-electron chi connectivity index (χ4n) is 3.29. The number of aromatic hydroxyl groups is 1. The first kappa shape index (κ1) is 20.9. The number of hydrogen-bond acceptors (Lipinski definition) is 3. The second kappa shape index (κ2) is 9.20. The molecule has 0 radical (unpaired) electrons. The first-order valence-electron chi connectivity index (χ1n) is 9.98. The van der Waals surface area contributed by atoms with Crippen LogP contribution in [0.1, 0.15) is 22.8 Å². The van der Waals surface area contributed by atoms with Gasteiger partial charge in [0.05, 0.1) is 5.56 Å². The Labute approximate surface area is 185 Å². The predicted molar refractivity (Wildman–Crippen MR) is 123 cm³/mol. The first-order valence-corrected chi connectivity index (χ1v) is 9.98. The predicted octanol–water partition coefficient (Wildman–Crippen LogP) is 6.46. The number of halogens is 1. The molecule has 32 heavy (non-hydrogen) atoms. The van der Waals surface area contributed by atoms with Gasteiger partial charge in [0.25, 0.3) is 0 Å². The summed E-state index contributed by atoms with van der Waals surface area (Å²) in [5, 5.41) is 9.40. The van der Waals surface area contributed by atoms with Crippen LogP contribution in [0.5, 0.6) is 11.5 Å². The summed E-state index contributed by atoms with van der Waals surface area (Å²) in [6.45, 7) is 1.70. The van der Waals surface area contributed by atoms with Gasteiger partial charge in [-0.05, 0) is 72.1 Å². The molecule has 0 amide bonds. The Bertz CT molecular complexity index is 1310. The SMILES string of the molecule is CC#Cc1ccc(-c2ccc(OC(=O)c3ccc(-c4ccc(O)cc4)cc3)cc2)c(F)c1. The standard InChI is InChI=1S/C28H19FO3/c1-2-3-19-4-17-26(27(29)18-19)22-11-15-25(16-12-22)32-28(31)23-7-5-20(6-8-23)21-9-13-24(30)14-10-21/h4-18,30H,1H3. The lowest BCUT2D eigenvalue weighted by molar-refractivity contribution is 0.0735. The number of carbonyl (C=O) groups is 1. The molecule has 0 saturated carbocycles. The van der Waals surface area contributed by atoms with Gasteiger partial charge in [0.15, 0.2) is 0 Å². The van der Waals surface area contributed by atoms with Crippen molar-refractivity contribution in [3.8, 4) is 45.6 Å². The molecule has 0 aromatic heterocycles. The molecular weight excluding hydrogens is 403 g/mol. The maximum Gasteiger partial charge on any atom is 0.343 e. The molecule has 0 aliphatic carbocycles. The molecule has 0 fully saturated rings. The van der Waals surface area contributed by atoms with Crippen molar-refractivity contribution in [1.82, 2.24) is 0 Å². The zero-order valence-corrected chi connectivity index (χ0v) is 17.3. The van der Waals surface area contributed by atoms with Crippen LogP contribution in [-0.4, -0.2) is 11.1 Å². The summed E-state index contributed by atoms with van der Waals surface area (Å²) >= 11 is 0. The summed E-state index contributed by atoms with van der Waals surface area (Å²) < 4.78 is 19.9. The minimum Gasteiger partial charge on any atom is -0.508 e. The molecule has 0 aliphatic rings. The van der Waals surface area contributed by atoms with Crippen LogP contribution in [0, 0.1) is 17.7 Å². The second-order valence-electron chi connectivity index (χ2n) is 7.11. The summed E-state index contributed by atoms with van der Waals surface area (Å²) in [6.07, 6.45) is 0. The molecule has 4 rings (SSSR count). The van der Waals surface area contributed by atoms with Gasteiger partial charge in [-0.25, -0.2) is 9.18 Å². The third kappa shape index (κ3) is 4.69. The minimum atomic E-state index is -0.483. The van der Waals surface area contributed by atoms with Crippen LogP contribution in [0.2, 0.25) is 0 Å². The van der Waals surface area contributed by atoms with Crippen molar-refractivity contribution >= 4 is 5.97 Å². The number of phenols is 1. The van der Waals surface area contributed by atoms with E-state index in [0.717, 1.165) is 11.1 Å². The van der Waals surface area contributed by atoms with Crippen LogP contribution in [0.4, 0.5) is 4.39 Å². The highest BCUT2D eigenvalue weighted by atomic mass is 19.1. The fraction of sp³-hybridized carbons (Fsp3) is 0.0357. The van der Waals surface area contributed by atoms with Gasteiger partial charge in [-0.3, -0.25) is 0 Å². The van der Waals surface area contributed by atoms with E-state index in [-0.39, 0.29) is 11.6 Å². The molecule has 156 valence electrons. The third-order valence-electron chi connectivity index (χ3n) is 4.94. The van der Waals surface area contributed by atoms with Gasteiger partial charge in [-0.2, -0.15) is 0 Å². The summed E-state index contributed by atoms with van der Waals surface area (Å²) in [4.78, 5) is 12.5. The quantitative estimate of drug-likeness (QED) is 0.233. The highest BCUT2D eigenvalue weighted by Crippen LogP contribution is 2.27. The van der Waals surface area contributed by atoms with E-state index in [4.69, 9.17) is 4.74 Å². The number of rotatable bonds is 4. The van der Waals surface area contributed by atoms with Crippen molar-refractivity contribution in [2.75, 3.05) is 0 Å². The largest absolute Gasteiger partial charge is 0.508 e. The number of benzene rings is 4. The van der Waals surface area contributed by atoms with Crippen molar-refractivity contribution < 1.29 is 19.0 Å². The second-order valence-corrected chi connectivity index (χ2v) is 7.11. The van der Waals surface area contributed by atoms with E-state index in [1.54, 1.807) is 79.7 Å². The monoisotopic (exact) mass is 422 g/mol. The van der Waals surface area contributed by atoms with Crippen molar-refractivity contribution in [2.24, 2.45) is 0 Å². The maximum absolute atomic E-state index is 14.4. The molecule has 0 saturated heterocycles. The zero-order chi connectivity index (χ0) is 22.5. The van der Waals surface area contributed by atoms with Crippen LogP contribution in [-0.2, 0) is 0 Å². The van der Waals surface area contributed by atoms with Gasteiger partial charge < -0.3 is 9.84 Å². The summed E-state index contributed by atoms with van der Waals surface area (Å²) in [5.41, 5.74) is 4.01. The van der Waals surface area contributed by atoms with Gasteiger partial charge in [-0.15, -0.1) is 5.92 Å². The van der Waals surface area contributed by atoms with Crippen molar-refractivity contribution in [2.45, 2.75) is 6.92 Å². The molecule has 4 aromatic carbocycles. The lowest BCUT2D eigenvalue weighted by Gasteiger charge is -2.08. The van der Waals surface area contributed by atoms with Crippen LogP contribution in [0.15, 0.2) is 91.0 Å². The maximum atomic E-state index is 14.4. The third-order valence-corrected chi connectivity index (χ3v) is 4.94. The smallest absolute Gasteiger partial charge is 0.343 e. The Morgan fingerprint density at radius 3 is 2.00 bits per heavy atom. The highest BCUT2D eigenvalue weighted by Gasteiger charge is 2.11. The Hall–Kier alpha value is -4.36. The number of esters is 1. The van der Waals surface area contributed by atoms with Crippen molar-refractivity contribution in [3.63, 3.8) is 0 Å². The highest BCUT2D eigenvalue weighted by molar-refractivity contribution is 5.91. The van der Waals surface area contributed by atoms with E-state index in [1.165, 1.54) is 6.07 Å². The number of ether oxygens (including phenoxy) is 1. The Morgan fingerprint density at radius 1 is 0.812 bits per heavy atom. The molecule has 4 heteroatoms. The number of phenolic OH excluding ortho intramolecular Hbond substituents is 1. The van der Waals surface area contributed by atoms with Crippen LogP contribution >= 0.6 is 0 Å². The summed E-state index contributed by atoms with van der Waals surface area (Å²) in [6, 6.07) is 25.4. The van der Waals surface area contributed by atoms with Crippen LogP contribution in [0.25, 0.3) is 22.3 Å². The summed E-state index contributed by atoms with van der Waals surface area (Å²) in [7, 11) is 0. The van der Waals surface area contributed by atoms with E-state index in [2.05, 4.69) is 11.8 Å².